The minimum absolute atomic E-state index is 0.181. The van der Waals surface area contributed by atoms with Gasteiger partial charge in [-0.05, 0) is 0 Å². The molecule has 0 saturated carbocycles. The van der Waals surface area contributed by atoms with Crippen LogP contribution in [-0.2, 0) is 0 Å². The number of ether oxygens (including phenoxy) is 2. The van der Waals surface area contributed by atoms with Gasteiger partial charge in [-0.3, -0.25) is 0 Å². The van der Waals surface area contributed by atoms with E-state index in [1.807, 2.05) is 0 Å². The SMILES string of the molecule is FC(F)(F)COc1nc(OCC(F)(F)F)nc(-c2ccccc2)n1. The van der Waals surface area contributed by atoms with Crippen LogP contribution < -0.4 is 9.47 Å². The van der Waals surface area contributed by atoms with Crippen LogP contribution >= 0.6 is 0 Å². The third-order valence-electron chi connectivity index (χ3n) is 2.36. The number of nitrogens with zero attached hydrogens (tertiary/aromatic N) is 3. The highest BCUT2D eigenvalue weighted by Crippen LogP contribution is 2.23. The maximum Gasteiger partial charge on any atom is 0.422 e. The highest BCUT2D eigenvalue weighted by molar-refractivity contribution is 5.54. The van der Waals surface area contributed by atoms with Crippen molar-refractivity contribution in [2.45, 2.75) is 12.4 Å². The van der Waals surface area contributed by atoms with Crippen molar-refractivity contribution >= 4 is 0 Å². The number of benzene rings is 1. The summed E-state index contributed by atoms with van der Waals surface area (Å²) in [6.45, 7) is -3.41. The van der Waals surface area contributed by atoms with E-state index in [0.717, 1.165) is 0 Å². The van der Waals surface area contributed by atoms with Crippen LogP contribution in [-0.4, -0.2) is 40.5 Å². The lowest BCUT2D eigenvalue weighted by atomic mass is 10.2. The van der Waals surface area contributed by atoms with Crippen LogP contribution in [0.4, 0.5) is 26.3 Å². The van der Waals surface area contributed by atoms with Crippen LogP contribution in [0, 0.1) is 0 Å². The molecule has 0 aliphatic rings. The molecular weight excluding hydrogens is 344 g/mol. The van der Waals surface area contributed by atoms with Gasteiger partial charge in [0.2, 0.25) is 0 Å². The summed E-state index contributed by atoms with van der Waals surface area (Å²) in [5.41, 5.74) is 0.341. The van der Waals surface area contributed by atoms with Gasteiger partial charge in [-0.2, -0.15) is 36.3 Å². The molecule has 0 spiro atoms. The second kappa shape index (κ2) is 6.89. The molecular formula is C13H9F6N3O2. The van der Waals surface area contributed by atoms with E-state index >= 15 is 0 Å². The maximum atomic E-state index is 12.2. The molecule has 0 fully saturated rings. The fourth-order valence-corrected chi connectivity index (χ4v) is 1.48. The van der Waals surface area contributed by atoms with E-state index in [4.69, 9.17) is 0 Å². The molecule has 5 nitrogen and oxygen atoms in total. The molecule has 2 aromatic rings. The second-order valence-corrected chi connectivity index (χ2v) is 4.40. The third kappa shape index (κ3) is 5.89. The van der Waals surface area contributed by atoms with E-state index < -0.39 is 37.6 Å². The minimum atomic E-state index is -4.66. The van der Waals surface area contributed by atoms with Crippen LogP contribution in [0.25, 0.3) is 11.4 Å². The molecule has 0 aliphatic carbocycles. The van der Waals surface area contributed by atoms with Crippen molar-refractivity contribution in [2.24, 2.45) is 0 Å². The zero-order valence-corrected chi connectivity index (χ0v) is 11.7. The van der Waals surface area contributed by atoms with E-state index in [9.17, 15) is 26.3 Å². The summed E-state index contributed by atoms with van der Waals surface area (Å²) >= 11 is 0. The molecule has 0 unspecified atom stereocenters. The highest BCUT2D eigenvalue weighted by atomic mass is 19.4. The molecule has 130 valence electrons. The summed E-state index contributed by atoms with van der Waals surface area (Å²) in [5, 5.41) is 0. The molecule has 1 aromatic heterocycles. The summed E-state index contributed by atoms with van der Waals surface area (Å²) < 4.78 is 81.9. The summed E-state index contributed by atoms with van der Waals surface area (Å²) in [6, 6.07) is 6.27. The molecule has 0 saturated heterocycles. The zero-order valence-electron chi connectivity index (χ0n) is 11.7. The number of hydrogen-bond donors (Lipinski definition) is 0. The van der Waals surface area contributed by atoms with E-state index in [-0.39, 0.29) is 5.82 Å². The van der Waals surface area contributed by atoms with Gasteiger partial charge in [0.05, 0.1) is 0 Å². The Balaban J connectivity index is 2.29. The lowest BCUT2D eigenvalue weighted by Gasteiger charge is -2.11. The topological polar surface area (TPSA) is 57.1 Å². The first-order valence-electron chi connectivity index (χ1n) is 6.33. The molecule has 0 N–H and O–H groups in total. The standard InChI is InChI=1S/C13H9F6N3O2/c14-12(15,16)6-23-10-20-9(8-4-2-1-3-5-8)21-11(22-10)24-7-13(17,18)19/h1-5H,6-7H2. The van der Waals surface area contributed by atoms with Crippen molar-refractivity contribution < 1.29 is 35.8 Å². The lowest BCUT2D eigenvalue weighted by molar-refractivity contribution is -0.156. The molecule has 2 rings (SSSR count). The van der Waals surface area contributed by atoms with Crippen molar-refractivity contribution in [3.8, 4) is 23.4 Å². The number of rotatable bonds is 5. The Morgan fingerprint density at radius 3 is 1.58 bits per heavy atom. The summed E-state index contributed by atoms with van der Waals surface area (Å²) in [7, 11) is 0. The van der Waals surface area contributed by atoms with Crippen LogP contribution in [0.1, 0.15) is 0 Å². The Hall–Kier alpha value is -2.59. The van der Waals surface area contributed by atoms with Gasteiger partial charge in [0.25, 0.3) is 0 Å². The van der Waals surface area contributed by atoms with Gasteiger partial charge in [-0.1, -0.05) is 30.3 Å². The molecule has 0 radical (unpaired) electrons. The fraction of sp³-hybridized carbons (Fsp3) is 0.308. The number of aromatic nitrogens is 3. The lowest BCUT2D eigenvalue weighted by Crippen LogP contribution is -2.22. The van der Waals surface area contributed by atoms with Gasteiger partial charge in [-0.25, -0.2) is 0 Å². The first-order chi connectivity index (χ1) is 11.1. The molecule has 0 aliphatic heterocycles. The Morgan fingerprint density at radius 1 is 0.708 bits per heavy atom. The monoisotopic (exact) mass is 353 g/mol. The predicted molar refractivity (Wildman–Crippen MR) is 68.4 cm³/mol. The Morgan fingerprint density at radius 2 is 1.17 bits per heavy atom. The first kappa shape index (κ1) is 17.8. The Labute approximate surface area is 131 Å². The van der Waals surface area contributed by atoms with E-state index in [1.54, 1.807) is 18.2 Å². The predicted octanol–water partition coefficient (Wildman–Crippen LogP) is 3.42. The normalized spacial score (nSPS) is 12.1. The Bertz CT molecular complexity index is 639. The highest BCUT2D eigenvalue weighted by Gasteiger charge is 2.31. The number of halogens is 6. The quantitative estimate of drug-likeness (QED) is 0.771. The summed E-state index contributed by atoms with van der Waals surface area (Å²) in [5.74, 6) is -0.181. The molecule has 1 heterocycles. The van der Waals surface area contributed by atoms with Crippen molar-refractivity contribution in [1.82, 2.24) is 15.0 Å². The van der Waals surface area contributed by atoms with Crippen molar-refractivity contribution in [3.05, 3.63) is 30.3 Å². The average Bonchev–Trinajstić information content (AvgIpc) is 2.50. The average molecular weight is 353 g/mol. The Kier molecular flexibility index (Phi) is 5.10. The molecule has 0 atom stereocenters. The van der Waals surface area contributed by atoms with E-state index in [0.29, 0.717) is 5.56 Å². The van der Waals surface area contributed by atoms with E-state index in [2.05, 4.69) is 24.4 Å². The second-order valence-electron chi connectivity index (χ2n) is 4.40. The number of hydrogen-bond acceptors (Lipinski definition) is 5. The molecule has 24 heavy (non-hydrogen) atoms. The molecule has 0 bridgehead atoms. The molecule has 11 heteroatoms. The van der Waals surface area contributed by atoms with Crippen LogP contribution in [0.15, 0.2) is 30.3 Å². The van der Waals surface area contributed by atoms with Crippen LogP contribution in [0.3, 0.4) is 0 Å². The van der Waals surface area contributed by atoms with Gasteiger partial charge >= 0.3 is 24.4 Å². The molecule has 1 aromatic carbocycles. The number of alkyl halides is 6. The molecule has 0 amide bonds. The fourth-order valence-electron chi connectivity index (χ4n) is 1.48. The van der Waals surface area contributed by atoms with Gasteiger partial charge < -0.3 is 9.47 Å². The van der Waals surface area contributed by atoms with Crippen LogP contribution in [0.2, 0.25) is 0 Å². The van der Waals surface area contributed by atoms with Crippen molar-refractivity contribution in [1.29, 1.82) is 0 Å². The minimum Gasteiger partial charge on any atom is -0.454 e. The first-order valence-corrected chi connectivity index (χ1v) is 6.33. The largest absolute Gasteiger partial charge is 0.454 e. The van der Waals surface area contributed by atoms with E-state index in [1.165, 1.54) is 12.1 Å². The summed E-state index contributed by atoms with van der Waals surface area (Å²) in [6.07, 6.45) is -9.32. The maximum absolute atomic E-state index is 12.2. The third-order valence-corrected chi connectivity index (χ3v) is 2.36. The van der Waals surface area contributed by atoms with Gasteiger partial charge in [0, 0.05) is 5.56 Å². The van der Waals surface area contributed by atoms with Gasteiger partial charge in [0.1, 0.15) is 0 Å². The summed E-state index contributed by atoms with van der Waals surface area (Å²) in [4.78, 5) is 10.6. The van der Waals surface area contributed by atoms with Gasteiger partial charge in [-0.15, -0.1) is 4.98 Å². The smallest absolute Gasteiger partial charge is 0.422 e. The van der Waals surface area contributed by atoms with Crippen molar-refractivity contribution in [3.63, 3.8) is 0 Å². The van der Waals surface area contributed by atoms with Crippen LogP contribution in [0.5, 0.6) is 12.0 Å². The van der Waals surface area contributed by atoms with Gasteiger partial charge in [0.15, 0.2) is 19.0 Å². The van der Waals surface area contributed by atoms with Crippen molar-refractivity contribution in [2.75, 3.05) is 13.2 Å². The zero-order chi connectivity index (χ0) is 17.8.